The summed E-state index contributed by atoms with van der Waals surface area (Å²) >= 11 is 0. The van der Waals surface area contributed by atoms with Crippen LogP contribution < -0.4 is 4.74 Å². The summed E-state index contributed by atoms with van der Waals surface area (Å²) in [5.74, 6) is -12.1. The van der Waals surface area contributed by atoms with Crippen molar-refractivity contribution in [1.82, 2.24) is 0 Å². The highest BCUT2D eigenvalue weighted by Gasteiger charge is 2.40. The highest BCUT2D eigenvalue weighted by atomic mass is 19.3. The zero-order chi connectivity index (χ0) is 22.2. The number of allylic oxidation sites excluding steroid dienone is 2. The molecule has 0 aliphatic heterocycles. The minimum atomic E-state index is -4.55. The second kappa shape index (κ2) is 8.28. The van der Waals surface area contributed by atoms with E-state index in [1.165, 1.54) is 6.08 Å². The van der Waals surface area contributed by atoms with Gasteiger partial charge in [0.25, 0.3) is 0 Å². The number of benzene rings is 2. The zero-order valence-corrected chi connectivity index (χ0v) is 15.6. The van der Waals surface area contributed by atoms with Crippen LogP contribution >= 0.6 is 0 Å². The van der Waals surface area contributed by atoms with E-state index in [4.69, 9.17) is 0 Å². The molecule has 2 aromatic rings. The van der Waals surface area contributed by atoms with Gasteiger partial charge in [0.05, 0.1) is 0 Å². The van der Waals surface area contributed by atoms with E-state index in [2.05, 4.69) is 4.74 Å². The molecule has 0 bridgehead atoms. The van der Waals surface area contributed by atoms with Gasteiger partial charge in [-0.15, -0.1) is 0 Å². The highest BCUT2D eigenvalue weighted by molar-refractivity contribution is 5.36. The van der Waals surface area contributed by atoms with E-state index < -0.39 is 63.8 Å². The molecule has 1 nitrogen and oxygen atoms in total. The second-order valence-corrected chi connectivity index (χ2v) is 7.00. The lowest BCUT2D eigenvalue weighted by atomic mass is 9.82. The normalized spacial score (nSPS) is 19.6. The quantitative estimate of drug-likeness (QED) is 0.354. The number of rotatable bonds is 5. The fourth-order valence-corrected chi connectivity index (χ4v) is 3.42. The van der Waals surface area contributed by atoms with Gasteiger partial charge in [-0.2, -0.15) is 8.78 Å². The molecule has 0 aromatic heterocycles. The van der Waals surface area contributed by atoms with Crippen LogP contribution in [0.1, 0.15) is 43.2 Å². The number of hydrogen-bond donors (Lipinski definition) is 0. The Hall–Kier alpha value is -2.58. The molecule has 0 spiro atoms. The fourth-order valence-electron chi connectivity index (χ4n) is 3.42. The van der Waals surface area contributed by atoms with Crippen molar-refractivity contribution in [1.29, 1.82) is 0 Å². The summed E-state index contributed by atoms with van der Waals surface area (Å²) in [5.41, 5.74) is -1.98. The maximum atomic E-state index is 14.5. The SMILES string of the molecule is CCC1C=C(F)C(c2ccc(C(F)(F)Oc3cc(F)c(F)c(F)c3)c(F)c2F)CC1. The van der Waals surface area contributed by atoms with Crippen LogP contribution in [0.2, 0.25) is 0 Å². The molecular formula is C21H16F8O. The molecule has 0 fully saturated rings. The van der Waals surface area contributed by atoms with Crippen molar-refractivity contribution in [3.63, 3.8) is 0 Å². The van der Waals surface area contributed by atoms with Crippen molar-refractivity contribution in [2.45, 2.75) is 38.2 Å². The molecule has 0 radical (unpaired) electrons. The van der Waals surface area contributed by atoms with Gasteiger partial charge in [0.15, 0.2) is 29.1 Å². The molecule has 1 aliphatic carbocycles. The summed E-state index contributed by atoms with van der Waals surface area (Å²) < 4.78 is 115. The van der Waals surface area contributed by atoms with Crippen molar-refractivity contribution >= 4 is 0 Å². The molecule has 1 aliphatic rings. The third-order valence-corrected chi connectivity index (χ3v) is 5.08. The van der Waals surface area contributed by atoms with Crippen LogP contribution in [0.3, 0.4) is 0 Å². The molecule has 0 saturated carbocycles. The Morgan fingerprint density at radius 2 is 1.53 bits per heavy atom. The first-order chi connectivity index (χ1) is 14.0. The van der Waals surface area contributed by atoms with E-state index in [1.807, 2.05) is 6.92 Å². The molecule has 2 aromatic carbocycles. The van der Waals surface area contributed by atoms with Crippen LogP contribution in [0.5, 0.6) is 5.75 Å². The van der Waals surface area contributed by atoms with Gasteiger partial charge in [-0.05, 0) is 37.3 Å². The molecule has 3 rings (SSSR count). The van der Waals surface area contributed by atoms with E-state index in [1.54, 1.807) is 0 Å². The first-order valence-corrected chi connectivity index (χ1v) is 9.12. The van der Waals surface area contributed by atoms with Crippen LogP contribution in [0.4, 0.5) is 35.1 Å². The summed E-state index contributed by atoms with van der Waals surface area (Å²) in [6.45, 7) is 1.85. The van der Waals surface area contributed by atoms with Gasteiger partial charge in [-0.3, -0.25) is 0 Å². The minimum absolute atomic E-state index is 0.0392. The Balaban J connectivity index is 1.93. The number of ether oxygens (including phenoxy) is 1. The minimum Gasteiger partial charge on any atom is -0.429 e. The lowest BCUT2D eigenvalue weighted by molar-refractivity contribution is -0.188. The lowest BCUT2D eigenvalue weighted by Gasteiger charge is -2.26. The van der Waals surface area contributed by atoms with Gasteiger partial charge in [-0.1, -0.05) is 13.0 Å². The number of hydrogen-bond acceptors (Lipinski definition) is 1. The van der Waals surface area contributed by atoms with Crippen LogP contribution in [0, 0.1) is 35.0 Å². The first kappa shape index (κ1) is 22.1. The zero-order valence-electron chi connectivity index (χ0n) is 15.6. The van der Waals surface area contributed by atoms with E-state index >= 15 is 0 Å². The Kier molecular flexibility index (Phi) is 6.10. The molecule has 2 atom stereocenters. The predicted molar refractivity (Wildman–Crippen MR) is 92.1 cm³/mol. The van der Waals surface area contributed by atoms with Gasteiger partial charge in [0, 0.05) is 23.6 Å². The third-order valence-electron chi connectivity index (χ3n) is 5.08. The first-order valence-electron chi connectivity index (χ1n) is 9.12. The molecule has 0 amide bonds. The summed E-state index contributed by atoms with van der Waals surface area (Å²) in [6, 6.07) is 1.62. The Morgan fingerprint density at radius 1 is 0.900 bits per heavy atom. The number of halogens is 8. The molecule has 0 heterocycles. The molecule has 0 N–H and O–H groups in total. The molecule has 0 saturated heterocycles. The van der Waals surface area contributed by atoms with Gasteiger partial charge in [0.2, 0.25) is 0 Å². The van der Waals surface area contributed by atoms with Gasteiger partial charge < -0.3 is 4.74 Å². The largest absolute Gasteiger partial charge is 0.429 e. The van der Waals surface area contributed by atoms with Gasteiger partial charge in [0.1, 0.15) is 17.1 Å². The average molecular weight is 436 g/mol. The lowest BCUT2D eigenvalue weighted by Crippen LogP contribution is -2.25. The van der Waals surface area contributed by atoms with E-state index in [0.717, 1.165) is 6.07 Å². The standard InChI is InChI=1S/C21H16F8O/c1-2-10-3-4-12(15(22)7-10)13-5-6-14(19(26)18(13)25)21(28,29)30-11-8-16(23)20(27)17(24)9-11/h5-10,12H,2-4H2,1H3. The highest BCUT2D eigenvalue weighted by Crippen LogP contribution is 2.41. The summed E-state index contributed by atoms with van der Waals surface area (Å²) in [7, 11) is 0. The summed E-state index contributed by atoms with van der Waals surface area (Å²) in [6.07, 6.45) is -1.86. The monoisotopic (exact) mass is 436 g/mol. The van der Waals surface area contributed by atoms with Crippen molar-refractivity contribution < 1.29 is 39.9 Å². The fraction of sp³-hybridized carbons (Fsp3) is 0.333. The van der Waals surface area contributed by atoms with E-state index in [0.29, 0.717) is 18.9 Å². The van der Waals surface area contributed by atoms with Crippen molar-refractivity contribution in [3.05, 3.63) is 76.4 Å². The third kappa shape index (κ3) is 4.15. The molecule has 9 heteroatoms. The molecule has 30 heavy (non-hydrogen) atoms. The maximum Gasteiger partial charge on any atom is 0.429 e. The van der Waals surface area contributed by atoms with Crippen molar-refractivity contribution in [3.8, 4) is 5.75 Å². The molecular weight excluding hydrogens is 420 g/mol. The summed E-state index contributed by atoms with van der Waals surface area (Å²) in [5, 5.41) is 0. The summed E-state index contributed by atoms with van der Waals surface area (Å²) in [4.78, 5) is 0. The van der Waals surface area contributed by atoms with Gasteiger partial charge in [-0.25, -0.2) is 26.3 Å². The van der Waals surface area contributed by atoms with Crippen LogP contribution in [-0.2, 0) is 6.11 Å². The Bertz CT molecular complexity index is 962. The average Bonchev–Trinajstić information content (AvgIpc) is 2.67. The predicted octanol–water partition coefficient (Wildman–Crippen LogP) is 7.27. The van der Waals surface area contributed by atoms with Crippen LogP contribution in [0.15, 0.2) is 36.2 Å². The molecule has 162 valence electrons. The molecule has 2 unspecified atom stereocenters. The van der Waals surface area contributed by atoms with Crippen LogP contribution in [0.25, 0.3) is 0 Å². The smallest absolute Gasteiger partial charge is 0.429 e. The Morgan fingerprint density at radius 3 is 2.10 bits per heavy atom. The Labute approximate surface area is 167 Å². The number of alkyl halides is 2. The van der Waals surface area contributed by atoms with Crippen LogP contribution in [-0.4, -0.2) is 0 Å². The topological polar surface area (TPSA) is 9.23 Å². The van der Waals surface area contributed by atoms with Crippen molar-refractivity contribution in [2.24, 2.45) is 5.92 Å². The van der Waals surface area contributed by atoms with Crippen molar-refractivity contribution in [2.75, 3.05) is 0 Å². The maximum absolute atomic E-state index is 14.5. The second-order valence-electron chi connectivity index (χ2n) is 7.00. The van der Waals surface area contributed by atoms with E-state index in [9.17, 15) is 35.1 Å². The van der Waals surface area contributed by atoms with E-state index in [-0.39, 0.29) is 24.5 Å². The van der Waals surface area contributed by atoms with Gasteiger partial charge >= 0.3 is 6.11 Å².